The second-order valence-electron chi connectivity index (χ2n) is 2.44. The van der Waals surface area contributed by atoms with Crippen molar-refractivity contribution < 1.29 is 26.3 Å². The van der Waals surface area contributed by atoms with Crippen molar-refractivity contribution in [2.45, 2.75) is 31.4 Å². The van der Waals surface area contributed by atoms with Gasteiger partial charge in [0.2, 0.25) is 0 Å². The van der Waals surface area contributed by atoms with Gasteiger partial charge < -0.3 is 0 Å². The first-order valence-corrected chi connectivity index (χ1v) is 3.27. The molecule has 0 amide bonds. The summed E-state index contributed by atoms with van der Waals surface area (Å²) >= 11 is 0. The topological polar surface area (TPSA) is 0 Å². The van der Waals surface area contributed by atoms with E-state index < -0.39 is 38.0 Å². The van der Waals surface area contributed by atoms with Crippen molar-refractivity contribution in [2.24, 2.45) is 0 Å². The number of hydrogen-bond donors (Lipinski definition) is 0. The molecule has 0 aliphatic heterocycles. The molecular formula is C6H8F6. The van der Waals surface area contributed by atoms with E-state index in [0.717, 1.165) is 0 Å². The van der Waals surface area contributed by atoms with Gasteiger partial charge in [-0.15, -0.1) is 0 Å². The van der Waals surface area contributed by atoms with Gasteiger partial charge in [0.25, 0.3) is 5.92 Å². The highest BCUT2D eigenvalue weighted by molar-refractivity contribution is 4.70. The van der Waals surface area contributed by atoms with Gasteiger partial charge in [0.1, 0.15) is 6.42 Å². The molecule has 0 heterocycles. The average Bonchev–Trinajstić information content (AvgIpc) is 1.78. The van der Waals surface area contributed by atoms with Gasteiger partial charge in [-0.2, -0.15) is 13.2 Å². The van der Waals surface area contributed by atoms with Crippen molar-refractivity contribution in [2.75, 3.05) is 6.67 Å². The SMILES string of the molecule is FCCCC(F)(F)CC(F)(F)F. The quantitative estimate of drug-likeness (QED) is 0.602. The van der Waals surface area contributed by atoms with E-state index in [2.05, 4.69) is 0 Å². The summed E-state index contributed by atoms with van der Waals surface area (Å²) < 4.78 is 70.0. The Hall–Kier alpha value is -0.420. The standard InChI is InChI=1S/C6H8F6/c7-3-1-2-5(8,9)4-6(10,11)12/h1-4H2. The highest BCUT2D eigenvalue weighted by Crippen LogP contribution is 2.34. The molecule has 74 valence electrons. The summed E-state index contributed by atoms with van der Waals surface area (Å²) in [4.78, 5) is 0. The normalized spacial score (nSPS) is 13.5. The van der Waals surface area contributed by atoms with Crippen LogP contribution in [0.25, 0.3) is 0 Å². The predicted molar refractivity (Wildman–Crippen MR) is 30.8 cm³/mol. The molecule has 6 heteroatoms. The summed E-state index contributed by atoms with van der Waals surface area (Å²) in [6.07, 6.45) is -8.65. The average molecular weight is 194 g/mol. The molecule has 0 spiro atoms. The van der Waals surface area contributed by atoms with E-state index in [-0.39, 0.29) is 0 Å². The van der Waals surface area contributed by atoms with Crippen LogP contribution >= 0.6 is 0 Å². The Balaban J connectivity index is 3.86. The van der Waals surface area contributed by atoms with Crippen LogP contribution in [0.5, 0.6) is 0 Å². The third-order valence-corrected chi connectivity index (χ3v) is 1.14. The molecule has 0 unspecified atom stereocenters. The first-order chi connectivity index (χ1) is 5.27. The zero-order chi connectivity index (χ0) is 9.83. The lowest BCUT2D eigenvalue weighted by molar-refractivity contribution is -0.189. The largest absolute Gasteiger partial charge is 0.394 e. The first kappa shape index (κ1) is 11.6. The van der Waals surface area contributed by atoms with E-state index in [1.165, 1.54) is 0 Å². The van der Waals surface area contributed by atoms with Gasteiger partial charge >= 0.3 is 6.18 Å². The molecule has 0 rings (SSSR count). The fourth-order valence-corrected chi connectivity index (χ4v) is 0.707. The molecule has 0 saturated carbocycles. The van der Waals surface area contributed by atoms with E-state index in [0.29, 0.717) is 0 Å². The lowest BCUT2D eigenvalue weighted by atomic mass is 10.1. The first-order valence-electron chi connectivity index (χ1n) is 3.27. The maximum atomic E-state index is 12.2. The molecular weight excluding hydrogens is 186 g/mol. The minimum absolute atomic E-state index is 0.539. The maximum absolute atomic E-state index is 12.2. The second kappa shape index (κ2) is 4.00. The van der Waals surface area contributed by atoms with Crippen LogP contribution in [0.3, 0.4) is 0 Å². The number of hydrogen-bond acceptors (Lipinski definition) is 0. The zero-order valence-electron chi connectivity index (χ0n) is 6.10. The molecule has 0 atom stereocenters. The minimum Gasteiger partial charge on any atom is -0.251 e. The molecule has 0 aromatic rings. The van der Waals surface area contributed by atoms with Crippen LogP contribution < -0.4 is 0 Å². The van der Waals surface area contributed by atoms with Crippen LogP contribution in [-0.2, 0) is 0 Å². The third kappa shape index (κ3) is 6.30. The van der Waals surface area contributed by atoms with E-state index >= 15 is 0 Å². The molecule has 0 nitrogen and oxygen atoms in total. The smallest absolute Gasteiger partial charge is 0.251 e. The van der Waals surface area contributed by atoms with Gasteiger partial charge in [-0.05, 0) is 6.42 Å². The molecule has 0 aliphatic carbocycles. The van der Waals surface area contributed by atoms with Crippen molar-refractivity contribution in [3.05, 3.63) is 0 Å². The van der Waals surface area contributed by atoms with E-state index in [1.54, 1.807) is 0 Å². The zero-order valence-corrected chi connectivity index (χ0v) is 6.10. The van der Waals surface area contributed by atoms with Crippen LogP contribution in [0, 0.1) is 0 Å². The Kier molecular flexibility index (Phi) is 3.86. The third-order valence-electron chi connectivity index (χ3n) is 1.14. The van der Waals surface area contributed by atoms with Crippen molar-refractivity contribution >= 4 is 0 Å². The summed E-state index contributed by atoms with van der Waals surface area (Å²) in [5.41, 5.74) is 0. The van der Waals surface area contributed by atoms with Crippen LogP contribution in [0.2, 0.25) is 0 Å². The van der Waals surface area contributed by atoms with Crippen LogP contribution in [-0.4, -0.2) is 18.8 Å². The lowest BCUT2D eigenvalue weighted by Gasteiger charge is -2.16. The van der Waals surface area contributed by atoms with Gasteiger partial charge in [-0.25, -0.2) is 8.78 Å². The summed E-state index contributed by atoms with van der Waals surface area (Å²) in [7, 11) is 0. The second-order valence-corrected chi connectivity index (χ2v) is 2.44. The summed E-state index contributed by atoms with van der Waals surface area (Å²) in [6, 6.07) is 0. The van der Waals surface area contributed by atoms with Crippen LogP contribution in [0.15, 0.2) is 0 Å². The Bertz CT molecular complexity index is 126. The molecule has 0 N–H and O–H groups in total. The predicted octanol–water partition coefficient (Wildman–Crippen LogP) is 3.32. The Labute approximate surface area is 65.6 Å². The molecule has 0 bridgehead atoms. The van der Waals surface area contributed by atoms with Gasteiger partial charge in [-0.3, -0.25) is 4.39 Å². The van der Waals surface area contributed by atoms with E-state index in [4.69, 9.17) is 0 Å². The molecule has 0 aromatic carbocycles. The summed E-state index contributed by atoms with van der Waals surface area (Å²) in [6.45, 7) is -1.02. The number of halogens is 6. The van der Waals surface area contributed by atoms with Crippen molar-refractivity contribution in [3.8, 4) is 0 Å². The van der Waals surface area contributed by atoms with Crippen molar-refractivity contribution in [3.63, 3.8) is 0 Å². The Morgan fingerprint density at radius 3 is 1.75 bits per heavy atom. The van der Waals surface area contributed by atoms with Gasteiger partial charge in [0.15, 0.2) is 0 Å². The van der Waals surface area contributed by atoms with Crippen LogP contribution in [0.4, 0.5) is 26.3 Å². The molecule has 0 saturated heterocycles. The molecule has 0 aromatic heterocycles. The summed E-state index contributed by atoms with van der Waals surface area (Å²) in [5.74, 6) is -3.83. The lowest BCUT2D eigenvalue weighted by Crippen LogP contribution is -2.25. The molecule has 12 heavy (non-hydrogen) atoms. The van der Waals surface area contributed by atoms with E-state index in [1.807, 2.05) is 0 Å². The van der Waals surface area contributed by atoms with Gasteiger partial charge in [0.05, 0.1) is 6.67 Å². The fourth-order valence-electron chi connectivity index (χ4n) is 0.707. The molecule has 0 aliphatic rings. The highest BCUT2D eigenvalue weighted by atomic mass is 19.4. The number of alkyl halides is 6. The Morgan fingerprint density at radius 2 is 1.42 bits per heavy atom. The molecule has 0 fully saturated rings. The summed E-state index contributed by atoms with van der Waals surface area (Å²) in [5, 5.41) is 0. The van der Waals surface area contributed by atoms with Gasteiger partial charge in [-0.1, -0.05) is 0 Å². The molecule has 0 radical (unpaired) electrons. The highest BCUT2D eigenvalue weighted by Gasteiger charge is 2.42. The number of rotatable bonds is 4. The van der Waals surface area contributed by atoms with Crippen molar-refractivity contribution in [1.29, 1.82) is 0 Å². The van der Waals surface area contributed by atoms with Crippen molar-refractivity contribution in [1.82, 2.24) is 0 Å². The minimum atomic E-state index is -4.89. The fraction of sp³-hybridized carbons (Fsp3) is 1.00. The maximum Gasteiger partial charge on any atom is 0.394 e. The van der Waals surface area contributed by atoms with Crippen LogP contribution in [0.1, 0.15) is 19.3 Å². The monoisotopic (exact) mass is 194 g/mol. The van der Waals surface area contributed by atoms with Gasteiger partial charge in [0, 0.05) is 6.42 Å². The van der Waals surface area contributed by atoms with E-state index in [9.17, 15) is 26.3 Å². The Morgan fingerprint density at radius 1 is 0.917 bits per heavy atom.